The minimum Gasteiger partial charge on any atom is -0.326 e. The van der Waals surface area contributed by atoms with Gasteiger partial charge in [-0.05, 0) is 37.5 Å². The number of rotatable bonds is 6. The third-order valence-electron chi connectivity index (χ3n) is 4.43. The van der Waals surface area contributed by atoms with E-state index in [-0.39, 0.29) is 30.4 Å². The molecule has 0 atom stereocenters. The number of piperidine rings is 1. The van der Waals surface area contributed by atoms with Crippen LogP contribution in [0.15, 0.2) is 24.3 Å². The summed E-state index contributed by atoms with van der Waals surface area (Å²) in [5.74, 6) is -0.693. The Hall–Kier alpha value is -1.61. The van der Waals surface area contributed by atoms with Crippen molar-refractivity contribution in [2.24, 2.45) is 5.92 Å². The molecule has 0 bridgehead atoms. The summed E-state index contributed by atoms with van der Waals surface area (Å²) >= 11 is 0. The van der Waals surface area contributed by atoms with Crippen LogP contribution in [0.5, 0.6) is 0 Å². The van der Waals surface area contributed by atoms with Gasteiger partial charge in [0.2, 0.25) is 15.9 Å². The number of unbranched alkanes of at least 4 members (excludes halogenated alkanes) is 1. The lowest BCUT2D eigenvalue weighted by Crippen LogP contribution is -2.42. The van der Waals surface area contributed by atoms with E-state index in [2.05, 4.69) is 5.32 Å². The van der Waals surface area contributed by atoms with Crippen LogP contribution in [0.3, 0.4) is 0 Å². The first kappa shape index (κ1) is 20.7. The van der Waals surface area contributed by atoms with E-state index in [1.54, 1.807) is 0 Å². The molecule has 26 heavy (non-hydrogen) atoms. The van der Waals surface area contributed by atoms with Crippen molar-refractivity contribution in [3.05, 3.63) is 29.8 Å². The zero-order chi connectivity index (χ0) is 19.4. The van der Waals surface area contributed by atoms with Crippen molar-refractivity contribution < 1.29 is 26.4 Å². The van der Waals surface area contributed by atoms with E-state index in [1.165, 1.54) is 16.4 Å². The van der Waals surface area contributed by atoms with E-state index >= 15 is 0 Å². The minimum atomic E-state index is -4.47. The SMILES string of the molecule is CCCCS(=O)(=O)N1CCC(C(=O)Nc2cccc(C(F)(F)F)c2)CC1. The van der Waals surface area contributed by atoms with Gasteiger partial charge in [-0.1, -0.05) is 19.4 Å². The second kappa shape index (κ2) is 8.39. The Morgan fingerprint density at radius 3 is 2.50 bits per heavy atom. The zero-order valence-corrected chi connectivity index (χ0v) is 15.4. The molecule has 1 aliphatic rings. The number of carbonyl (C=O) groups is 1. The summed E-state index contributed by atoms with van der Waals surface area (Å²) in [6, 6.07) is 4.47. The van der Waals surface area contributed by atoms with Crippen LogP contribution in [-0.4, -0.2) is 37.5 Å². The van der Waals surface area contributed by atoms with Crippen molar-refractivity contribution in [1.82, 2.24) is 4.31 Å². The lowest BCUT2D eigenvalue weighted by molar-refractivity contribution is -0.137. The molecular formula is C17H23F3N2O3S. The monoisotopic (exact) mass is 392 g/mol. The van der Waals surface area contributed by atoms with E-state index in [1.807, 2.05) is 6.92 Å². The van der Waals surface area contributed by atoms with Gasteiger partial charge in [-0.3, -0.25) is 4.79 Å². The highest BCUT2D eigenvalue weighted by atomic mass is 32.2. The first-order valence-electron chi connectivity index (χ1n) is 8.59. The molecule has 0 aromatic heterocycles. The Labute approximate surface area is 151 Å². The standard InChI is InChI=1S/C17H23F3N2O3S/c1-2-3-11-26(24,25)22-9-7-13(8-10-22)16(23)21-15-6-4-5-14(12-15)17(18,19)20/h4-6,12-13H,2-3,7-11H2,1H3,(H,21,23). The van der Waals surface area contributed by atoms with Gasteiger partial charge in [-0.25, -0.2) is 12.7 Å². The number of alkyl halides is 3. The van der Waals surface area contributed by atoms with Crippen molar-refractivity contribution >= 4 is 21.6 Å². The van der Waals surface area contributed by atoms with E-state index < -0.39 is 27.7 Å². The number of nitrogens with one attached hydrogen (secondary N) is 1. The van der Waals surface area contributed by atoms with Gasteiger partial charge in [0.05, 0.1) is 11.3 Å². The maximum atomic E-state index is 12.7. The van der Waals surface area contributed by atoms with Gasteiger partial charge in [-0.2, -0.15) is 13.2 Å². The van der Waals surface area contributed by atoms with Crippen molar-refractivity contribution in [3.63, 3.8) is 0 Å². The quantitative estimate of drug-likeness (QED) is 0.806. The van der Waals surface area contributed by atoms with Crippen LogP contribution in [0.4, 0.5) is 18.9 Å². The molecule has 1 aromatic carbocycles. The molecule has 5 nitrogen and oxygen atoms in total. The summed E-state index contributed by atoms with van der Waals surface area (Å²) in [5, 5.41) is 2.51. The second-order valence-electron chi connectivity index (χ2n) is 6.41. The van der Waals surface area contributed by atoms with Crippen LogP contribution >= 0.6 is 0 Å². The highest BCUT2D eigenvalue weighted by Crippen LogP contribution is 2.31. The molecule has 1 aromatic rings. The van der Waals surface area contributed by atoms with Gasteiger partial charge in [0.15, 0.2) is 0 Å². The maximum Gasteiger partial charge on any atom is 0.416 e. The average Bonchev–Trinajstić information content (AvgIpc) is 2.59. The molecule has 0 radical (unpaired) electrons. The summed E-state index contributed by atoms with van der Waals surface area (Å²) < 4.78 is 63.9. The first-order chi connectivity index (χ1) is 12.1. The fourth-order valence-corrected chi connectivity index (χ4v) is 4.55. The Morgan fingerprint density at radius 1 is 1.27 bits per heavy atom. The van der Waals surface area contributed by atoms with E-state index in [4.69, 9.17) is 0 Å². The van der Waals surface area contributed by atoms with Crippen molar-refractivity contribution in [1.29, 1.82) is 0 Å². The normalized spacial score (nSPS) is 17.2. The first-order valence-corrected chi connectivity index (χ1v) is 10.2. The number of hydrogen-bond acceptors (Lipinski definition) is 3. The molecule has 146 valence electrons. The second-order valence-corrected chi connectivity index (χ2v) is 8.50. The van der Waals surface area contributed by atoms with Crippen LogP contribution in [0.2, 0.25) is 0 Å². The molecule has 0 spiro atoms. The number of halogens is 3. The summed E-state index contributed by atoms with van der Waals surface area (Å²) in [5.41, 5.74) is -0.741. The van der Waals surface area contributed by atoms with E-state index in [9.17, 15) is 26.4 Å². The molecule has 1 heterocycles. The Morgan fingerprint density at radius 2 is 1.92 bits per heavy atom. The largest absolute Gasteiger partial charge is 0.416 e. The molecule has 1 fully saturated rings. The topological polar surface area (TPSA) is 66.5 Å². The van der Waals surface area contributed by atoms with E-state index in [0.717, 1.165) is 18.6 Å². The van der Waals surface area contributed by atoms with Gasteiger partial charge < -0.3 is 5.32 Å². The molecule has 1 saturated heterocycles. The highest BCUT2D eigenvalue weighted by molar-refractivity contribution is 7.89. The lowest BCUT2D eigenvalue weighted by atomic mass is 9.97. The van der Waals surface area contributed by atoms with Crippen LogP contribution < -0.4 is 5.32 Å². The minimum absolute atomic E-state index is 0.0859. The highest BCUT2D eigenvalue weighted by Gasteiger charge is 2.32. The van der Waals surface area contributed by atoms with Crippen molar-refractivity contribution in [3.8, 4) is 0 Å². The van der Waals surface area contributed by atoms with Gasteiger partial charge in [0.25, 0.3) is 0 Å². The summed E-state index contributed by atoms with van der Waals surface area (Å²) in [7, 11) is -3.30. The molecule has 1 N–H and O–H groups in total. The third-order valence-corrected chi connectivity index (χ3v) is 6.39. The van der Waals surface area contributed by atoms with Crippen molar-refractivity contribution in [2.75, 3.05) is 24.2 Å². The average molecular weight is 392 g/mol. The molecule has 1 amide bonds. The fraction of sp³-hybridized carbons (Fsp3) is 0.588. The molecule has 9 heteroatoms. The molecule has 0 aliphatic carbocycles. The maximum absolute atomic E-state index is 12.7. The molecule has 1 aliphatic heterocycles. The van der Waals surface area contributed by atoms with Crippen LogP contribution in [0.25, 0.3) is 0 Å². The number of hydrogen-bond donors (Lipinski definition) is 1. The molecule has 0 unspecified atom stereocenters. The molecular weight excluding hydrogens is 369 g/mol. The Kier molecular flexibility index (Phi) is 6.68. The number of benzene rings is 1. The number of amides is 1. The third kappa shape index (κ3) is 5.44. The smallest absolute Gasteiger partial charge is 0.326 e. The zero-order valence-electron chi connectivity index (χ0n) is 14.6. The van der Waals surface area contributed by atoms with Crippen LogP contribution in [0, 0.1) is 5.92 Å². The Bertz CT molecular complexity index is 727. The Balaban J connectivity index is 1.93. The molecule has 0 saturated carbocycles. The number of anilines is 1. The lowest BCUT2D eigenvalue weighted by Gasteiger charge is -2.30. The number of sulfonamides is 1. The van der Waals surface area contributed by atoms with Gasteiger partial charge in [-0.15, -0.1) is 0 Å². The predicted molar refractivity (Wildman–Crippen MR) is 93.1 cm³/mol. The predicted octanol–water partition coefficient (Wildman–Crippen LogP) is 3.49. The van der Waals surface area contributed by atoms with Gasteiger partial charge in [0.1, 0.15) is 0 Å². The van der Waals surface area contributed by atoms with Gasteiger partial charge in [0, 0.05) is 24.7 Å². The summed E-state index contributed by atoms with van der Waals surface area (Å²) in [4.78, 5) is 12.3. The summed E-state index contributed by atoms with van der Waals surface area (Å²) in [6.07, 6.45) is -2.38. The van der Waals surface area contributed by atoms with E-state index in [0.29, 0.717) is 19.3 Å². The van der Waals surface area contributed by atoms with Crippen LogP contribution in [-0.2, 0) is 21.0 Å². The van der Waals surface area contributed by atoms with Gasteiger partial charge >= 0.3 is 6.18 Å². The summed E-state index contributed by atoms with van der Waals surface area (Å²) in [6.45, 7) is 2.43. The number of nitrogens with zero attached hydrogens (tertiary/aromatic N) is 1. The molecule has 2 rings (SSSR count). The fourth-order valence-electron chi connectivity index (χ4n) is 2.87. The van der Waals surface area contributed by atoms with Crippen LogP contribution in [0.1, 0.15) is 38.2 Å². The number of carbonyl (C=O) groups excluding carboxylic acids is 1. The van der Waals surface area contributed by atoms with Crippen molar-refractivity contribution in [2.45, 2.75) is 38.8 Å².